The topological polar surface area (TPSA) is 108 Å². The van der Waals surface area contributed by atoms with Crippen molar-refractivity contribution < 1.29 is 44.3 Å². The van der Waals surface area contributed by atoms with Gasteiger partial charge in [-0.15, -0.1) is 5.10 Å². The van der Waals surface area contributed by atoms with Crippen molar-refractivity contribution in [3.63, 3.8) is 0 Å². The number of nitrogens with zero attached hydrogens (tertiary/aromatic N) is 7. The number of rotatable bonds is 9. The van der Waals surface area contributed by atoms with Gasteiger partial charge >= 0.3 is 18.5 Å². The Labute approximate surface area is 243 Å². The Morgan fingerprint density at radius 1 is 0.841 bits per heavy atom. The summed E-state index contributed by atoms with van der Waals surface area (Å²) in [5.41, 5.74) is 1.40. The molecule has 0 bridgehead atoms. The molecule has 2 N–H and O–H groups in total. The summed E-state index contributed by atoms with van der Waals surface area (Å²) in [5, 5.41) is 15.7. The van der Waals surface area contributed by atoms with Gasteiger partial charge in [0, 0.05) is 24.8 Å². The van der Waals surface area contributed by atoms with Crippen LogP contribution < -0.4 is 10.6 Å². The Bertz CT molecular complexity index is 1620. The Morgan fingerprint density at radius 2 is 1.45 bits per heavy atom. The molecule has 0 fully saturated rings. The first-order valence-corrected chi connectivity index (χ1v) is 12.7. The van der Waals surface area contributed by atoms with Gasteiger partial charge in [-0.25, -0.2) is 0 Å². The van der Waals surface area contributed by atoms with Crippen LogP contribution >= 0.6 is 0 Å². The van der Waals surface area contributed by atoms with E-state index in [0.29, 0.717) is 24.1 Å². The zero-order valence-corrected chi connectivity index (χ0v) is 22.9. The van der Waals surface area contributed by atoms with Crippen LogP contribution in [0.25, 0.3) is 11.3 Å². The fourth-order valence-electron chi connectivity index (χ4n) is 4.46. The molecular formula is C26H23F9N8O. The normalized spacial score (nSPS) is 12.5. The van der Waals surface area contributed by atoms with Gasteiger partial charge in [0.05, 0.1) is 29.4 Å². The molecule has 0 atom stereocenters. The molecule has 44 heavy (non-hydrogen) atoms. The van der Waals surface area contributed by atoms with E-state index in [1.165, 1.54) is 17.9 Å². The lowest BCUT2D eigenvalue weighted by molar-refractivity contribution is -0.143. The zero-order chi connectivity index (χ0) is 32.6. The van der Waals surface area contributed by atoms with Gasteiger partial charge in [-0.1, -0.05) is 18.1 Å². The second kappa shape index (κ2) is 11.8. The summed E-state index contributed by atoms with van der Waals surface area (Å²) in [5.74, 6) is -1.01. The molecule has 0 radical (unpaired) electrons. The van der Waals surface area contributed by atoms with Crippen LogP contribution in [0.3, 0.4) is 0 Å². The van der Waals surface area contributed by atoms with Gasteiger partial charge in [0.15, 0.2) is 0 Å². The standard InChI is InChI=1S/C26H23F9N8O/c1-3-15-12-43(13-21(36)44)38-22(15)20-5-4-17(24(27,28)29)8-16(20)11-42(23-37-40-41(2)39-23)10-14-6-18(25(30,31)32)9-19(7-14)26(33,34)35/h4-9,12H,3,10-11,13H2,1-2H3,(H2,36,44). The number of alkyl halides is 9. The third-order valence-electron chi connectivity index (χ3n) is 6.39. The van der Waals surface area contributed by atoms with E-state index in [2.05, 4.69) is 20.5 Å². The van der Waals surface area contributed by atoms with Gasteiger partial charge in [0.2, 0.25) is 5.91 Å². The Hall–Kier alpha value is -4.64. The maximum absolute atomic E-state index is 13.8. The molecule has 0 spiro atoms. The number of amides is 1. The third kappa shape index (κ3) is 7.46. The van der Waals surface area contributed by atoms with Crippen molar-refractivity contribution >= 4 is 11.9 Å². The van der Waals surface area contributed by atoms with E-state index in [9.17, 15) is 44.3 Å². The molecule has 2 aromatic carbocycles. The van der Waals surface area contributed by atoms with E-state index in [-0.39, 0.29) is 35.4 Å². The lowest BCUT2D eigenvalue weighted by Gasteiger charge is -2.24. The number of halogens is 9. The number of anilines is 1. The average Bonchev–Trinajstić information content (AvgIpc) is 3.52. The molecule has 0 aliphatic rings. The summed E-state index contributed by atoms with van der Waals surface area (Å²) < 4.78 is 124. The molecule has 0 aliphatic heterocycles. The summed E-state index contributed by atoms with van der Waals surface area (Å²) in [6.07, 6.45) is -13.2. The van der Waals surface area contributed by atoms with Gasteiger partial charge < -0.3 is 10.6 Å². The van der Waals surface area contributed by atoms with Crippen molar-refractivity contribution in [2.45, 2.75) is 51.5 Å². The first kappa shape index (κ1) is 32.3. The highest BCUT2D eigenvalue weighted by Crippen LogP contribution is 2.38. The molecule has 9 nitrogen and oxygen atoms in total. The van der Waals surface area contributed by atoms with Crippen molar-refractivity contribution in [1.82, 2.24) is 30.0 Å². The van der Waals surface area contributed by atoms with Crippen LogP contribution in [-0.4, -0.2) is 35.9 Å². The number of carbonyl (C=O) groups excluding carboxylic acids is 1. The Kier molecular flexibility index (Phi) is 8.66. The maximum atomic E-state index is 13.8. The van der Waals surface area contributed by atoms with E-state index in [0.717, 1.165) is 27.9 Å². The van der Waals surface area contributed by atoms with Crippen LogP contribution in [0.2, 0.25) is 0 Å². The first-order valence-electron chi connectivity index (χ1n) is 12.7. The summed E-state index contributed by atoms with van der Waals surface area (Å²) in [7, 11) is 1.34. The second-order valence-electron chi connectivity index (χ2n) is 9.74. The smallest absolute Gasteiger partial charge is 0.368 e. The molecule has 2 heterocycles. The number of hydrogen-bond donors (Lipinski definition) is 1. The molecule has 18 heteroatoms. The van der Waals surface area contributed by atoms with Crippen LogP contribution in [0.1, 0.15) is 40.3 Å². The number of aromatic nitrogens is 6. The van der Waals surface area contributed by atoms with Crippen molar-refractivity contribution in [3.05, 3.63) is 76.0 Å². The quantitative estimate of drug-likeness (QED) is 0.248. The largest absolute Gasteiger partial charge is 0.416 e. The molecule has 4 rings (SSSR count). The highest BCUT2D eigenvalue weighted by molar-refractivity contribution is 5.74. The van der Waals surface area contributed by atoms with Crippen molar-refractivity contribution in [2.75, 3.05) is 4.90 Å². The molecule has 0 unspecified atom stereocenters. The zero-order valence-electron chi connectivity index (χ0n) is 22.9. The van der Waals surface area contributed by atoms with Crippen LogP contribution in [0.5, 0.6) is 0 Å². The minimum absolute atomic E-state index is 0.0337. The fourth-order valence-corrected chi connectivity index (χ4v) is 4.46. The number of benzene rings is 2. The number of tetrazole rings is 1. The van der Waals surface area contributed by atoms with Gasteiger partial charge in [0.25, 0.3) is 5.95 Å². The van der Waals surface area contributed by atoms with E-state index >= 15 is 0 Å². The van der Waals surface area contributed by atoms with Crippen LogP contribution in [-0.2, 0) is 56.4 Å². The molecule has 236 valence electrons. The SMILES string of the molecule is CCc1cn(CC(N)=O)nc1-c1ccc(C(F)(F)F)cc1CN(Cc1cc(C(F)(F)F)cc(C(F)(F)F)c1)c1nnn(C)n1. The predicted molar refractivity (Wildman–Crippen MR) is 136 cm³/mol. The van der Waals surface area contributed by atoms with Crippen molar-refractivity contribution in [3.8, 4) is 11.3 Å². The fraction of sp³-hybridized carbons (Fsp3) is 0.346. The van der Waals surface area contributed by atoms with Gasteiger partial charge in [-0.2, -0.15) is 49.4 Å². The van der Waals surface area contributed by atoms with Gasteiger partial charge in [-0.3, -0.25) is 9.48 Å². The van der Waals surface area contributed by atoms with Crippen molar-refractivity contribution in [1.29, 1.82) is 0 Å². The molecule has 0 saturated heterocycles. The lowest BCUT2D eigenvalue weighted by Crippen LogP contribution is -2.25. The highest BCUT2D eigenvalue weighted by atomic mass is 19.4. The van der Waals surface area contributed by atoms with E-state index in [4.69, 9.17) is 5.73 Å². The number of aryl methyl sites for hydroxylation is 2. The summed E-state index contributed by atoms with van der Waals surface area (Å²) in [4.78, 5) is 13.5. The van der Waals surface area contributed by atoms with Crippen LogP contribution in [0.15, 0.2) is 42.6 Å². The predicted octanol–water partition coefficient (Wildman–Crippen LogP) is 5.38. The summed E-state index contributed by atoms with van der Waals surface area (Å²) >= 11 is 0. The molecule has 0 saturated carbocycles. The third-order valence-corrected chi connectivity index (χ3v) is 6.39. The average molecular weight is 635 g/mol. The van der Waals surface area contributed by atoms with E-state index < -0.39 is 59.8 Å². The van der Waals surface area contributed by atoms with Gasteiger partial charge in [0.1, 0.15) is 6.54 Å². The minimum Gasteiger partial charge on any atom is -0.368 e. The number of nitrogens with two attached hydrogens (primary N) is 1. The van der Waals surface area contributed by atoms with Gasteiger partial charge in [-0.05, 0) is 58.7 Å². The molecule has 0 aliphatic carbocycles. The minimum atomic E-state index is -5.12. The lowest BCUT2D eigenvalue weighted by atomic mass is 9.97. The molecule has 2 aromatic heterocycles. The molecular weight excluding hydrogens is 611 g/mol. The highest BCUT2D eigenvalue weighted by Gasteiger charge is 2.37. The number of hydrogen-bond acceptors (Lipinski definition) is 6. The summed E-state index contributed by atoms with van der Waals surface area (Å²) in [6.45, 7) is 0.218. The Morgan fingerprint density at radius 3 is 1.95 bits per heavy atom. The second-order valence-corrected chi connectivity index (χ2v) is 9.74. The van der Waals surface area contributed by atoms with E-state index in [1.807, 2.05) is 0 Å². The van der Waals surface area contributed by atoms with E-state index in [1.54, 1.807) is 6.92 Å². The first-order chi connectivity index (χ1) is 20.3. The van der Waals surface area contributed by atoms with Crippen LogP contribution in [0, 0.1) is 0 Å². The van der Waals surface area contributed by atoms with Crippen molar-refractivity contribution in [2.24, 2.45) is 12.8 Å². The van der Waals surface area contributed by atoms with Crippen LogP contribution in [0.4, 0.5) is 45.5 Å². The number of primary amides is 1. The maximum Gasteiger partial charge on any atom is 0.416 e. The molecule has 4 aromatic rings. The summed E-state index contributed by atoms with van der Waals surface area (Å²) in [6, 6.07) is 3.71. The monoisotopic (exact) mass is 634 g/mol. The molecule has 1 amide bonds. The number of carbonyl (C=O) groups is 1. The Balaban J connectivity index is 1.87.